The van der Waals surface area contributed by atoms with E-state index in [4.69, 9.17) is 5.26 Å². The van der Waals surface area contributed by atoms with Gasteiger partial charge in [-0.05, 0) is 49.1 Å². The minimum atomic E-state index is 0. The highest BCUT2D eigenvalue weighted by molar-refractivity contribution is 5.96. The molecule has 1 aromatic heterocycles. The number of carbonyl (C=O) groups excluding carboxylic acids is 1. The quantitative estimate of drug-likeness (QED) is 0.423. The molecule has 2 atom stereocenters. The highest BCUT2D eigenvalue weighted by atomic mass is 35.5. The van der Waals surface area contributed by atoms with Crippen LogP contribution < -0.4 is 4.90 Å². The highest BCUT2D eigenvalue weighted by Crippen LogP contribution is 2.32. The summed E-state index contributed by atoms with van der Waals surface area (Å²) in [5.74, 6) is 0.126. The van der Waals surface area contributed by atoms with E-state index >= 15 is 0 Å². The number of nitrogens with one attached hydrogen (secondary N) is 1. The van der Waals surface area contributed by atoms with Crippen molar-refractivity contribution in [2.45, 2.75) is 51.6 Å². The lowest BCUT2D eigenvalue weighted by Gasteiger charge is -2.45. The van der Waals surface area contributed by atoms with Gasteiger partial charge in [-0.1, -0.05) is 50.1 Å². The molecule has 1 amide bonds. The Balaban J connectivity index is 0.00000216. The van der Waals surface area contributed by atoms with Crippen LogP contribution in [0.15, 0.2) is 61.1 Å². The molecule has 1 saturated heterocycles. The summed E-state index contributed by atoms with van der Waals surface area (Å²) in [7, 11) is 0. The first-order valence-electron chi connectivity index (χ1n) is 11.7. The average Bonchev–Trinajstić information content (AvgIpc) is 3.37. The molecule has 1 aliphatic rings. The van der Waals surface area contributed by atoms with Crippen molar-refractivity contribution in [1.82, 2.24) is 14.9 Å². The maximum absolute atomic E-state index is 13.4. The van der Waals surface area contributed by atoms with Gasteiger partial charge in [0, 0.05) is 24.5 Å². The topological polar surface area (TPSA) is 76.0 Å². The summed E-state index contributed by atoms with van der Waals surface area (Å²) in [6.07, 6.45) is 7.58. The number of carbonyl (C=O) groups is 1. The molecule has 0 spiro atoms. The van der Waals surface area contributed by atoms with Gasteiger partial charge in [0.2, 0.25) is 5.91 Å². The van der Waals surface area contributed by atoms with Crippen LogP contribution in [0.4, 0.5) is 5.69 Å². The number of rotatable bonds is 8. The van der Waals surface area contributed by atoms with Gasteiger partial charge in [-0.15, -0.1) is 24.8 Å². The number of anilines is 1. The fourth-order valence-corrected chi connectivity index (χ4v) is 4.74. The molecule has 1 fully saturated rings. The number of aryl methyl sites for hydroxylation is 1. The molecule has 0 bridgehead atoms. The van der Waals surface area contributed by atoms with Crippen LogP contribution >= 0.6 is 24.8 Å². The summed E-state index contributed by atoms with van der Waals surface area (Å²) in [4.78, 5) is 25.3. The molecule has 2 heterocycles. The van der Waals surface area contributed by atoms with Gasteiger partial charge in [-0.3, -0.25) is 9.69 Å². The van der Waals surface area contributed by atoms with Crippen LogP contribution in [0.5, 0.6) is 0 Å². The number of para-hydroxylation sites is 1. The summed E-state index contributed by atoms with van der Waals surface area (Å²) in [5.41, 5.74) is 4.93. The highest BCUT2D eigenvalue weighted by Gasteiger charge is 2.37. The van der Waals surface area contributed by atoms with Crippen molar-refractivity contribution in [3.63, 3.8) is 0 Å². The molecule has 3 aromatic rings. The minimum Gasteiger partial charge on any atom is -0.347 e. The number of aromatic amines is 1. The SMILES string of the molecule is CCCC[C@H]1CN(c2ccccc2C)C(=O)CN1C(Cc1ccc(C#N)cc1)c1cnc[nH]1.Cl.Cl. The van der Waals surface area contributed by atoms with Crippen molar-refractivity contribution in [2.24, 2.45) is 0 Å². The number of H-pyrrole nitrogens is 1. The Hall–Kier alpha value is -2.85. The van der Waals surface area contributed by atoms with E-state index in [1.54, 1.807) is 6.33 Å². The number of halogens is 2. The molecule has 0 aliphatic carbocycles. The van der Waals surface area contributed by atoms with Crippen LogP contribution in [0.1, 0.15) is 54.6 Å². The van der Waals surface area contributed by atoms with Gasteiger partial charge in [0.1, 0.15) is 0 Å². The molecule has 6 nitrogen and oxygen atoms in total. The molecule has 4 rings (SSSR count). The molecule has 1 N–H and O–H groups in total. The van der Waals surface area contributed by atoms with Gasteiger partial charge in [0.15, 0.2) is 0 Å². The third-order valence-electron chi connectivity index (χ3n) is 6.57. The van der Waals surface area contributed by atoms with Gasteiger partial charge in [0.25, 0.3) is 0 Å². The van der Waals surface area contributed by atoms with Crippen molar-refractivity contribution >= 4 is 36.4 Å². The van der Waals surface area contributed by atoms with E-state index in [1.807, 2.05) is 53.6 Å². The number of imidazole rings is 1. The zero-order valence-electron chi connectivity index (χ0n) is 20.2. The lowest BCUT2D eigenvalue weighted by atomic mass is 9.95. The van der Waals surface area contributed by atoms with Crippen LogP contribution in [0, 0.1) is 18.3 Å². The molecule has 0 radical (unpaired) electrons. The van der Waals surface area contributed by atoms with E-state index in [0.717, 1.165) is 48.2 Å². The predicted molar refractivity (Wildman–Crippen MR) is 144 cm³/mol. The lowest BCUT2D eigenvalue weighted by Crippen LogP contribution is -2.57. The van der Waals surface area contributed by atoms with Gasteiger partial charge in [-0.2, -0.15) is 5.26 Å². The van der Waals surface area contributed by atoms with Crippen molar-refractivity contribution in [3.05, 3.63) is 83.4 Å². The summed E-state index contributed by atoms with van der Waals surface area (Å²) >= 11 is 0. The molecule has 2 aromatic carbocycles. The second kappa shape index (κ2) is 13.3. The Morgan fingerprint density at radius 2 is 1.91 bits per heavy atom. The van der Waals surface area contributed by atoms with Crippen molar-refractivity contribution < 1.29 is 4.79 Å². The van der Waals surface area contributed by atoms with Crippen molar-refractivity contribution in [1.29, 1.82) is 5.26 Å². The van der Waals surface area contributed by atoms with Gasteiger partial charge >= 0.3 is 0 Å². The molecular weight excluding hydrogens is 481 g/mol. The summed E-state index contributed by atoms with van der Waals surface area (Å²) in [6.45, 7) is 5.32. The zero-order valence-corrected chi connectivity index (χ0v) is 21.8. The summed E-state index contributed by atoms with van der Waals surface area (Å²) in [5, 5.41) is 9.14. The number of piperazine rings is 1. The van der Waals surface area contributed by atoms with Crippen LogP contribution in [0.3, 0.4) is 0 Å². The number of amides is 1. The fourth-order valence-electron chi connectivity index (χ4n) is 4.74. The second-order valence-corrected chi connectivity index (χ2v) is 8.79. The number of hydrogen-bond acceptors (Lipinski definition) is 4. The minimum absolute atomic E-state index is 0. The van der Waals surface area contributed by atoms with Gasteiger partial charge in [0.05, 0.1) is 36.2 Å². The van der Waals surface area contributed by atoms with Gasteiger partial charge < -0.3 is 9.88 Å². The normalized spacial score (nSPS) is 16.7. The largest absolute Gasteiger partial charge is 0.347 e. The first-order valence-corrected chi connectivity index (χ1v) is 11.7. The van der Waals surface area contributed by atoms with E-state index in [-0.39, 0.29) is 42.8 Å². The first-order chi connectivity index (χ1) is 16.1. The molecular formula is C27H33Cl2N5O. The van der Waals surface area contributed by atoms with E-state index in [9.17, 15) is 4.79 Å². The molecule has 186 valence electrons. The molecule has 35 heavy (non-hydrogen) atoms. The monoisotopic (exact) mass is 513 g/mol. The number of aromatic nitrogens is 2. The standard InChI is InChI=1S/C27H31N5O.2ClH/c1-3-4-8-23-17-32(25-9-6-5-7-20(25)2)27(33)18-31(23)26(24-16-29-19-30-24)14-21-10-12-22(15-28)13-11-21;;/h5-7,9-13,16,19,23,26H,3-4,8,14,17-18H2,1-2H3,(H,29,30);2*1H/t23-,26?;;/m0../s1. The summed E-state index contributed by atoms with van der Waals surface area (Å²) < 4.78 is 0. The molecule has 1 aliphatic heterocycles. The van der Waals surface area contributed by atoms with E-state index in [0.29, 0.717) is 18.7 Å². The number of hydrogen-bond donors (Lipinski definition) is 1. The smallest absolute Gasteiger partial charge is 0.241 e. The van der Waals surface area contributed by atoms with E-state index < -0.39 is 0 Å². The average molecular weight is 515 g/mol. The van der Waals surface area contributed by atoms with Gasteiger partial charge in [-0.25, -0.2) is 4.98 Å². The number of nitriles is 1. The molecule has 8 heteroatoms. The molecule has 1 unspecified atom stereocenters. The van der Waals surface area contributed by atoms with Crippen LogP contribution in [0.25, 0.3) is 0 Å². The number of benzene rings is 2. The Morgan fingerprint density at radius 3 is 2.54 bits per heavy atom. The Kier molecular flexibility index (Phi) is 10.8. The Bertz CT molecular complexity index is 1110. The Labute approximate surface area is 220 Å². The fraction of sp³-hybridized carbons (Fsp3) is 0.370. The molecule has 0 saturated carbocycles. The zero-order chi connectivity index (χ0) is 23.2. The van der Waals surface area contributed by atoms with Crippen LogP contribution in [-0.2, 0) is 11.2 Å². The Morgan fingerprint density at radius 1 is 1.17 bits per heavy atom. The maximum atomic E-state index is 13.4. The second-order valence-electron chi connectivity index (χ2n) is 8.79. The van der Waals surface area contributed by atoms with E-state index in [2.05, 4.69) is 40.9 Å². The van der Waals surface area contributed by atoms with Crippen LogP contribution in [0.2, 0.25) is 0 Å². The maximum Gasteiger partial charge on any atom is 0.241 e. The number of nitrogens with zero attached hydrogens (tertiary/aromatic N) is 4. The third kappa shape index (κ3) is 6.64. The first kappa shape index (κ1) is 28.4. The van der Waals surface area contributed by atoms with Crippen LogP contribution in [-0.4, -0.2) is 39.9 Å². The summed E-state index contributed by atoms with van der Waals surface area (Å²) in [6, 6.07) is 18.3. The van der Waals surface area contributed by atoms with Crippen molar-refractivity contribution in [3.8, 4) is 6.07 Å². The number of unbranched alkanes of at least 4 members (excludes halogenated alkanes) is 1. The van der Waals surface area contributed by atoms with E-state index in [1.165, 1.54) is 0 Å². The predicted octanol–water partition coefficient (Wildman–Crippen LogP) is 5.62. The van der Waals surface area contributed by atoms with Crippen molar-refractivity contribution in [2.75, 3.05) is 18.0 Å². The third-order valence-corrected chi connectivity index (χ3v) is 6.57. The lowest BCUT2D eigenvalue weighted by molar-refractivity contribution is -0.123.